The van der Waals surface area contributed by atoms with Gasteiger partial charge in [-0.1, -0.05) is 25.3 Å². The van der Waals surface area contributed by atoms with Crippen LogP contribution < -0.4 is 5.73 Å². The topological polar surface area (TPSA) is 59.1 Å². The molecule has 0 amide bonds. The summed E-state index contributed by atoms with van der Waals surface area (Å²) in [5.41, 5.74) is 5.70. The first kappa shape index (κ1) is 10.4. The summed E-state index contributed by atoms with van der Waals surface area (Å²) in [5.74, 6) is 1.10. The molecule has 0 radical (unpaired) electrons. The maximum absolute atomic E-state index is 10.4. The van der Waals surface area contributed by atoms with Gasteiger partial charge in [-0.3, -0.25) is 0 Å². The summed E-state index contributed by atoms with van der Waals surface area (Å²) in [4.78, 5) is 4.01. The van der Waals surface area contributed by atoms with Crippen molar-refractivity contribution in [2.45, 2.75) is 38.2 Å². The lowest BCUT2D eigenvalue weighted by Gasteiger charge is -2.33. The summed E-state index contributed by atoms with van der Waals surface area (Å²) in [7, 11) is 0. The van der Waals surface area contributed by atoms with Crippen LogP contribution in [0.5, 0.6) is 0 Å². The second kappa shape index (κ2) is 3.81. The standard InChI is InChI=1S/C12H18N2O/c1-12(15,8-9-4-2-5-9)10-6-3-7-14-11(10)13/h3,6-7,9,15H,2,4-5,8H2,1H3,(H2,13,14). The molecular formula is C12H18N2O. The van der Waals surface area contributed by atoms with Crippen molar-refractivity contribution >= 4 is 5.82 Å². The molecule has 3 N–H and O–H groups in total. The van der Waals surface area contributed by atoms with E-state index in [-0.39, 0.29) is 0 Å². The largest absolute Gasteiger partial charge is 0.385 e. The SMILES string of the molecule is CC(O)(CC1CCC1)c1cccnc1N. The van der Waals surface area contributed by atoms with Gasteiger partial charge >= 0.3 is 0 Å². The van der Waals surface area contributed by atoms with Crippen LogP contribution in [-0.4, -0.2) is 10.1 Å². The Bertz CT molecular complexity index is 345. The number of anilines is 1. The molecule has 1 saturated carbocycles. The van der Waals surface area contributed by atoms with Crippen LogP contribution in [0, 0.1) is 5.92 Å². The molecule has 0 saturated heterocycles. The highest BCUT2D eigenvalue weighted by molar-refractivity contribution is 5.42. The second-order valence-corrected chi connectivity index (χ2v) is 4.71. The minimum atomic E-state index is -0.830. The zero-order chi connectivity index (χ0) is 10.9. The molecule has 1 aliphatic carbocycles. The van der Waals surface area contributed by atoms with Crippen LogP contribution in [0.2, 0.25) is 0 Å². The lowest BCUT2D eigenvalue weighted by atomic mass is 9.76. The highest BCUT2D eigenvalue weighted by Crippen LogP contribution is 2.38. The quantitative estimate of drug-likeness (QED) is 0.795. The van der Waals surface area contributed by atoms with E-state index in [2.05, 4.69) is 4.98 Å². The molecule has 1 atom stereocenters. The molecule has 1 heterocycles. The van der Waals surface area contributed by atoms with E-state index in [1.54, 1.807) is 6.20 Å². The van der Waals surface area contributed by atoms with Gasteiger partial charge in [-0.25, -0.2) is 4.98 Å². The van der Waals surface area contributed by atoms with Gasteiger partial charge in [0.25, 0.3) is 0 Å². The Morgan fingerprint density at radius 2 is 2.33 bits per heavy atom. The van der Waals surface area contributed by atoms with E-state index >= 15 is 0 Å². The molecule has 0 spiro atoms. The monoisotopic (exact) mass is 206 g/mol. The van der Waals surface area contributed by atoms with Crippen molar-refractivity contribution in [2.75, 3.05) is 5.73 Å². The van der Waals surface area contributed by atoms with Gasteiger partial charge in [0.1, 0.15) is 5.82 Å². The Morgan fingerprint density at radius 3 is 2.87 bits per heavy atom. The van der Waals surface area contributed by atoms with Crippen LogP contribution >= 0.6 is 0 Å². The molecule has 1 fully saturated rings. The van der Waals surface area contributed by atoms with Crippen molar-refractivity contribution in [1.82, 2.24) is 4.98 Å². The number of aliphatic hydroxyl groups is 1. The van der Waals surface area contributed by atoms with Gasteiger partial charge in [-0.05, 0) is 25.3 Å². The van der Waals surface area contributed by atoms with Crippen molar-refractivity contribution in [2.24, 2.45) is 5.92 Å². The lowest BCUT2D eigenvalue weighted by molar-refractivity contribution is 0.0166. The molecule has 1 unspecified atom stereocenters. The molecule has 0 aliphatic heterocycles. The highest BCUT2D eigenvalue weighted by Gasteiger charge is 2.31. The Balaban J connectivity index is 2.16. The van der Waals surface area contributed by atoms with Crippen molar-refractivity contribution < 1.29 is 5.11 Å². The zero-order valence-corrected chi connectivity index (χ0v) is 9.11. The third kappa shape index (κ3) is 2.12. The fourth-order valence-corrected chi connectivity index (χ4v) is 2.24. The predicted molar refractivity (Wildman–Crippen MR) is 60.2 cm³/mol. The maximum Gasteiger partial charge on any atom is 0.129 e. The molecule has 3 heteroatoms. The average Bonchev–Trinajstić information content (AvgIpc) is 2.12. The van der Waals surface area contributed by atoms with Crippen molar-refractivity contribution in [3.63, 3.8) is 0 Å². The lowest BCUT2D eigenvalue weighted by Crippen LogP contribution is -2.29. The van der Waals surface area contributed by atoms with Gasteiger partial charge in [0.2, 0.25) is 0 Å². The van der Waals surface area contributed by atoms with E-state index in [4.69, 9.17) is 5.73 Å². The number of aromatic nitrogens is 1. The number of rotatable bonds is 3. The first-order valence-corrected chi connectivity index (χ1v) is 5.53. The maximum atomic E-state index is 10.4. The van der Waals surface area contributed by atoms with Crippen molar-refractivity contribution in [3.8, 4) is 0 Å². The van der Waals surface area contributed by atoms with Crippen LogP contribution in [0.3, 0.4) is 0 Å². The molecule has 1 aliphatic rings. The van der Waals surface area contributed by atoms with E-state index in [1.165, 1.54) is 19.3 Å². The van der Waals surface area contributed by atoms with Gasteiger partial charge in [-0.15, -0.1) is 0 Å². The number of nitrogens with two attached hydrogens (primary N) is 1. The zero-order valence-electron chi connectivity index (χ0n) is 9.11. The van der Waals surface area contributed by atoms with E-state index in [0.29, 0.717) is 11.7 Å². The number of nitrogen functional groups attached to an aromatic ring is 1. The van der Waals surface area contributed by atoms with Crippen LogP contribution in [-0.2, 0) is 5.60 Å². The first-order valence-electron chi connectivity index (χ1n) is 5.53. The fourth-order valence-electron chi connectivity index (χ4n) is 2.24. The minimum absolute atomic E-state index is 0.446. The summed E-state index contributed by atoms with van der Waals surface area (Å²) in [6.07, 6.45) is 6.21. The van der Waals surface area contributed by atoms with Gasteiger partial charge in [-0.2, -0.15) is 0 Å². The number of hydrogen-bond acceptors (Lipinski definition) is 3. The van der Waals surface area contributed by atoms with E-state index < -0.39 is 5.60 Å². The third-order valence-corrected chi connectivity index (χ3v) is 3.33. The molecule has 82 valence electrons. The first-order chi connectivity index (χ1) is 7.09. The molecular weight excluding hydrogens is 188 g/mol. The minimum Gasteiger partial charge on any atom is -0.385 e. The molecule has 3 nitrogen and oxygen atoms in total. The van der Waals surface area contributed by atoms with Crippen LogP contribution in [0.15, 0.2) is 18.3 Å². The number of hydrogen-bond donors (Lipinski definition) is 2. The number of pyridine rings is 1. The molecule has 1 aromatic heterocycles. The van der Waals surface area contributed by atoms with Crippen LogP contribution in [0.4, 0.5) is 5.82 Å². The van der Waals surface area contributed by atoms with Gasteiger partial charge in [0, 0.05) is 11.8 Å². The van der Waals surface area contributed by atoms with Gasteiger partial charge < -0.3 is 10.8 Å². The summed E-state index contributed by atoms with van der Waals surface area (Å²) >= 11 is 0. The average molecular weight is 206 g/mol. The smallest absolute Gasteiger partial charge is 0.129 e. The normalized spacial score (nSPS) is 20.7. The third-order valence-electron chi connectivity index (χ3n) is 3.33. The van der Waals surface area contributed by atoms with E-state index in [0.717, 1.165) is 12.0 Å². The summed E-state index contributed by atoms with van der Waals surface area (Å²) in [6.45, 7) is 1.83. The Kier molecular flexibility index (Phi) is 2.65. The van der Waals surface area contributed by atoms with E-state index in [9.17, 15) is 5.11 Å². The van der Waals surface area contributed by atoms with Crippen molar-refractivity contribution in [3.05, 3.63) is 23.9 Å². The molecule has 0 aromatic carbocycles. The van der Waals surface area contributed by atoms with Crippen LogP contribution in [0.25, 0.3) is 0 Å². The van der Waals surface area contributed by atoms with Crippen LogP contribution in [0.1, 0.15) is 38.2 Å². The van der Waals surface area contributed by atoms with Gasteiger partial charge in [0.15, 0.2) is 0 Å². The van der Waals surface area contributed by atoms with Gasteiger partial charge in [0.05, 0.1) is 5.60 Å². The van der Waals surface area contributed by atoms with E-state index in [1.807, 2.05) is 19.1 Å². The Labute approximate surface area is 90.3 Å². The predicted octanol–water partition coefficient (Wildman–Crippen LogP) is 2.06. The summed E-state index contributed by atoms with van der Waals surface area (Å²) < 4.78 is 0. The Hall–Kier alpha value is -1.09. The highest BCUT2D eigenvalue weighted by atomic mass is 16.3. The fraction of sp³-hybridized carbons (Fsp3) is 0.583. The molecule has 1 aromatic rings. The molecule has 2 rings (SSSR count). The summed E-state index contributed by atoms with van der Waals surface area (Å²) in [5, 5.41) is 10.4. The molecule has 0 bridgehead atoms. The second-order valence-electron chi connectivity index (χ2n) is 4.71. The Morgan fingerprint density at radius 1 is 1.60 bits per heavy atom. The summed E-state index contributed by atoms with van der Waals surface area (Å²) in [6, 6.07) is 3.68. The molecule has 15 heavy (non-hydrogen) atoms. The number of nitrogens with zero attached hydrogens (tertiary/aromatic N) is 1. The van der Waals surface area contributed by atoms with Crippen molar-refractivity contribution in [1.29, 1.82) is 0 Å².